The fourth-order valence-electron chi connectivity index (χ4n) is 7.70. The van der Waals surface area contributed by atoms with Crippen LogP contribution in [0, 0.1) is 13.8 Å². The number of phenolic OH excluding ortho intramolecular Hbond substituents is 1. The first-order valence-electron chi connectivity index (χ1n) is 18.5. The summed E-state index contributed by atoms with van der Waals surface area (Å²) in [7, 11) is 0. The molecule has 0 saturated carbocycles. The van der Waals surface area contributed by atoms with E-state index in [1.165, 1.54) is 4.68 Å². The van der Waals surface area contributed by atoms with Gasteiger partial charge in [-0.25, -0.2) is 14.3 Å². The van der Waals surface area contributed by atoms with E-state index in [0.717, 1.165) is 50.1 Å². The molecule has 0 spiro atoms. The molecule has 0 radical (unpaired) electrons. The number of carbonyl (C=O) groups is 3. The molecule has 3 aliphatic rings. The maximum Gasteiger partial charge on any atom is 0.410 e. The molecule has 4 heterocycles. The van der Waals surface area contributed by atoms with E-state index >= 15 is 0 Å². The first-order chi connectivity index (χ1) is 25.1. The molecule has 3 aromatic rings. The van der Waals surface area contributed by atoms with Crippen LogP contribution in [0.15, 0.2) is 47.3 Å². The highest BCUT2D eigenvalue weighted by atomic mass is 16.6. The minimum atomic E-state index is -1.03. The number of phenols is 1. The average Bonchev–Trinajstić information content (AvgIpc) is 3.55. The fourth-order valence-corrected chi connectivity index (χ4v) is 7.70. The number of ether oxygens (including phenoxy) is 2. The van der Waals surface area contributed by atoms with Gasteiger partial charge in [0.15, 0.2) is 11.9 Å². The number of esters is 1. The van der Waals surface area contributed by atoms with Crippen LogP contribution in [0.2, 0.25) is 0 Å². The van der Waals surface area contributed by atoms with Gasteiger partial charge in [0.05, 0.1) is 19.2 Å². The number of piperidine rings is 2. The number of benzene rings is 2. The highest BCUT2D eigenvalue weighted by Gasteiger charge is 2.35. The van der Waals surface area contributed by atoms with E-state index in [-0.39, 0.29) is 35.8 Å². The highest BCUT2D eigenvalue weighted by molar-refractivity contribution is 5.84. The third kappa shape index (κ3) is 8.84. The van der Waals surface area contributed by atoms with Gasteiger partial charge in [0.2, 0.25) is 0 Å². The standard InChI is InChI=1S/C38H51N7O7/c1-4-51-33(46)25-41-14-10-30(11-15-41)42-18-20-43(21-19-42)36(48)32(24-28-22-26(2)34(47)27(3)23-28)52-38(50)44-16-12-31(13-17-44)45-37(49)39-35(40-45)29-8-6-5-7-9-29/h5-9,22-23,30-32,47H,4,10-21,24-25H2,1-3H3,(H,39,40,49)/t32-/m1/s1. The van der Waals surface area contributed by atoms with Crippen molar-refractivity contribution in [3.63, 3.8) is 0 Å². The van der Waals surface area contributed by atoms with Crippen molar-refractivity contribution < 1.29 is 29.0 Å². The molecule has 52 heavy (non-hydrogen) atoms. The van der Waals surface area contributed by atoms with Gasteiger partial charge >= 0.3 is 17.8 Å². The minimum absolute atomic E-state index is 0.174. The van der Waals surface area contributed by atoms with Gasteiger partial charge in [0, 0.05) is 70.4 Å². The monoisotopic (exact) mass is 717 g/mol. The second-order valence-corrected chi connectivity index (χ2v) is 14.1. The lowest BCUT2D eigenvalue weighted by molar-refractivity contribution is -0.144. The number of hydrogen-bond acceptors (Lipinski definition) is 10. The normalized spacial score (nSPS) is 18.7. The number of carbonyl (C=O) groups excluding carboxylic acids is 3. The van der Waals surface area contributed by atoms with E-state index in [4.69, 9.17) is 9.47 Å². The van der Waals surface area contributed by atoms with Crippen LogP contribution in [-0.4, -0.2) is 135 Å². The first kappa shape index (κ1) is 37.1. The Morgan fingerprint density at radius 2 is 1.52 bits per heavy atom. The van der Waals surface area contributed by atoms with E-state index in [0.29, 0.717) is 75.2 Å². The zero-order valence-corrected chi connectivity index (χ0v) is 30.5. The predicted molar refractivity (Wildman–Crippen MR) is 194 cm³/mol. The number of nitrogens with zero attached hydrogens (tertiary/aromatic N) is 6. The van der Waals surface area contributed by atoms with Gasteiger partial charge in [0.1, 0.15) is 5.75 Å². The van der Waals surface area contributed by atoms with Gasteiger partial charge in [0.25, 0.3) is 5.91 Å². The topological polar surface area (TPSA) is 154 Å². The van der Waals surface area contributed by atoms with Crippen LogP contribution >= 0.6 is 0 Å². The molecule has 3 saturated heterocycles. The molecule has 2 aromatic carbocycles. The quantitative estimate of drug-likeness (QED) is 0.299. The number of hydrogen-bond donors (Lipinski definition) is 2. The Kier molecular flexibility index (Phi) is 12.0. The zero-order valence-electron chi connectivity index (χ0n) is 30.5. The van der Waals surface area contributed by atoms with E-state index in [1.54, 1.807) is 9.80 Å². The Hall–Kier alpha value is -4.69. The molecule has 3 aliphatic heterocycles. The second kappa shape index (κ2) is 16.8. The summed E-state index contributed by atoms with van der Waals surface area (Å²) in [5.74, 6) is 0.299. The maximum atomic E-state index is 14.1. The Morgan fingerprint density at radius 3 is 2.15 bits per heavy atom. The van der Waals surface area contributed by atoms with Crippen LogP contribution in [0.25, 0.3) is 11.4 Å². The summed E-state index contributed by atoms with van der Waals surface area (Å²) in [5.41, 5.74) is 2.73. The van der Waals surface area contributed by atoms with Gasteiger partial charge in [-0.15, -0.1) is 5.10 Å². The Labute approximate surface area is 304 Å². The van der Waals surface area contributed by atoms with Crippen molar-refractivity contribution in [1.29, 1.82) is 0 Å². The van der Waals surface area contributed by atoms with E-state index in [2.05, 4.69) is 19.9 Å². The lowest BCUT2D eigenvalue weighted by atomic mass is 10.00. The summed E-state index contributed by atoms with van der Waals surface area (Å²) < 4.78 is 12.6. The third-order valence-electron chi connectivity index (χ3n) is 10.6. The number of amides is 2. The number of aromatic nitrogens is 3. The van der Waals surface area contributed by atoms with Gasteiger partial charge in [-0.05, 0) is 63.1 Å². The molecular formula is C38H51N7O7. The summed E-state index contributed by atoms with van der Waals surface area (Å²) in [6, 6.07) is 13.3. The molecule has 0 unspecified atom stereocenters. The third-order valence-corrected chi connectivity index (χ3v) is 10.6. The molecule has 1 atom stereocenters. The number of aromatic hydroxyl groups is 1. The Bertz CT molecular complexity index is 1730. The minimum Gasteiger partial charge on any atom is -0.507 e. The van der Waals surface area contributed by atoms with Gasteiger partial charge in [-0.3, -0.25) is 24.4 Å². The number of likely N-dealkylation sites (tertiary alicyclic amines) is 2. The second-order valence-electron chi connectivity index (χ2n) is 14.1. The molecule has 2 N–H and O–H groups in total. The van der Waals surface area contributed by atoms with Crippen LogP contribution in [0.4, 0.5) is 4.79 Å². The summed E-state index contributed by atoms with van der Waals surface area (Å²) >= 11 is 0. The maximum absolute atomic E-state index is 14.1. The van der Waals surface area contributed by atoms with Crippen LogP contribution < -0.4 is 5.69 Å². The van der Waals surface area contributed by atoms with Crippen molar-refractivity contribution in [2.75, 3.05) is 65.5 Å². The van der Waals surface area contributed by atoms with Crippen molar-refractivity contribution in [3.8, 4) is 17.1 Å². The van der Waals surface area contributed by atoms with Crippen LogP contribution in [0.5, 0.6) is 5.75 Å². The molecular weight excluding hydrogens is 666 g/mol. The molecule has 14 nitrogen and oxygen atoms in total. The van der Waals surface area contributed by atoms with Crippen molar-refractivity contribution in [1.82, 2.24) is 34.4 Å². The molecule has 0 aliphatic carbocycles. The molecule has 280 valence electrons. The summed E-state index contributed by atoms with van der Waals surface area (Å²) in [6.07, 6.45) is 1.54. The molecule has 2 amide bonds. The van der Waals surface area contributed by atoms with Crippen molar-refractivity contribution in [3.05, 3.63) is 69.6 Å². The number of H-pyrrole nitrogens is 1. The van der Waals surface area contributed by atoms with Gasteiger partial charge < -0.3 is 24.4 Å². The van der Waals surface area contributed by atoms with Gasteiger partial charge in [-0.1, -0.05) is 42.5 Å². The summed E-state index contributed by atoms with van der Waals surface area (Å²) in [4.78, 5) is 63.2. The lowest BCUT2D eigenvalue weighted by Crippen LogP contribution is -2.56. The van der Waals surface area contributed by atoms with Crippen molar-refractivity contribution >= 4 is 18.0 Å². The lowest BCUT2D eigenvalue weighted by Gasteiger charge is -2.43. The van der Waals surface area contributed by atoms with Crippen LogP contribution in [-0.2, 0) is 25.5 Å². The number of piperazine rings is 1. The summed E-state index contributed by atoms with van der Waals surface area (Å²) in [6.45, 7) is 11.0. The fraction of sp³-hybridized carbons (Fsp3) is 0.553. The first-order valence-corrected chi connectivity index (χ1v) is 18.5. The highest BCUT2D eigenvalue weighted by Crippen LogP contribution is 2.27. The molecule has 3 fully saturated rings. The number of aromatic amines is 1. The SMILES string of the molecule is CCOC(=O)CN1CCC(N2CCN(C(=O)[C@@H](Cc3cc(C)c(O)c(C)c3)OC(=O)N3CCC(n4nc(-c5ccccc5)[nH]c4=O)CC3)CC2)CC1. The van der Waals surface area contributed by atoms with E-state index in [9.17, 15) is 24.3 Å². The molecule has 6 rings (SSSR count). The average molecular weight is 718 g/mol. The van der Waals surface area contributed by atoms with E-state index in [1.807, 2.05) is 63.2 Å². The predicted octanol–water partition coefficient (Wildman–Crippen LogP) is 3.12. The number of aryl methyl sites for hydroxylation is 2. The zero-order chi connectivity index (χ0) is 36.8. The largest absolute Gasteiger partial charge is 0.507 e. The Morgan fingerprint density at radius 1 is 0.885 bits per heavy atom. The smallest absolute Gasteiger partial charge is 0.410 e. The van der Waals surface area contributed by atoms with E-state index < -0.39 is 12.2 Å². The molecule has 0 bridgehead atoms. The number of nitrogens with one attached hydrogen (secondary N) is 1. The van der Waals surface area contributed by atoms with Crippen molar-refractivity contribution in [2.24, 2.45) is 0 Å². The van der Waals surface area contributed by atoms with Gasteiger partial charge in [-0.2, -0.15) is 0 Å². The summed E-state index contributed by atoms with van der Waals surface area (Å²) in [5, 5.41) is 14.9. The van der Waals surface area contributed by atoms with Crippen LogP contribution in [0.1, 0.15) is 55.3 Å². The molecule has 14 heteroatoms. The Balaban J connectivity index is 1.06. The van der Waals surface area contributed by atoms with Crippen LogP contribution in [0.3, 0.4) is 0 Å². The van der Waals surface area contributed by atoms with Crippen molar-refractivity contribution in [2.45, 2.75) is 71.1 Å². The molecule has 1 aromatic heterocycles. The number of rotatable bonds is 10.